The number of hydrogen-bond acceptors (Lipinski definition) is 5. The summed E-state index contributed by atoms with van der Waals surface area (Å²) in [6.45, 7) is 5.02. The molecule has 0 aromatic carbocycles. The van der Waals surface area contributed by atoms with Gasteiger partial charge in [-0.15, -0.1) is 0 Å². The van der Waals surface area contributed by atoms with Gasteiger partial charge < -0.3 is 20.3 Å². The number of rotatable bonds is 78. The molecule has 6 nitrogen and oxygen atoms in total. The Morgan fingerprint density at radius 2 is 0.471 bits per heavy atom. The van der Waals surface area contributed by atoms with E-state index in [-0.39, 0.29) is 18.5 Å². The molecule has 2 unspecified atom stereocenters. The van der Waals surface area contributed by atoms with Gasteiger partial charge in [0.1, 0.15) is 0 Å². The average Bonchev–Trinajstić information content (AvgIpc) is 3.54. The van der Waals surface area contributed by atoms with E-state index in [9.17, 15) is 19.8 Å². The van der Waals surface area contributed by atoms with Gasteiger partial charge in [-0.3, -0.25) is 9.59 Å². The molecule has 0 aromatic heterocycles. The first-order valence-corrected chi connectivity index (χ1v) is 40.8. The molecule has 0 aliphatic rings. The van der Waals surface area contributed by atoms with Gasteiger partial charge in [0.05, 0.1) is 25.4 Å². The van der Waals surface area contributed by atoms with Crippen LogP contribution in [0, 0.1) is 0 Å². The summed E-state index contributed by atoms with van der Waals surface area (Å²) < 4.78 is 5.51. The maximum atomic E-state index is 12.6. The van der Waals surface area contributed by atoms with Crippen LogP contribution in [0.25, 0.3) is 0 Å². The molecule has 0 saturated heterocycles. The zero-order chi connectivity index (χ0) is 62.8. The molecule has 0 spiro atoms. The summed E-state index contributed by atoms with van der Waals surface area (Å²) in [5, 5.41) is 23.5. The highest BCUT2D eigenvalue weighted by molar-refractivity contribution is 5.76. The van der Waals surface area contributed by atoms with Crippen molar-refractivity contribution in [2.24, 2.45) is 0 Å². The Balaban J connectivity index is 3.32. The van der Waals surface area contributed by atoms with Gasteiger partial charge in [-0.05, 0) is 25.7 Å². The van der Waals surface area contributed by atoms with Crippen molar-refractivity contribution >= 4 is 11.9 Å². The number of aliphatic hydroxyl groups excluding tert-OH is 2. The predicted octanol–water partition coefficient (Wildman–Crippen LogP) is 26.9. The molecular formula is C81H161NO5. The SMILES string of the molecule is CCCCCCCCCCCCCCCCCCCCCCCCCCC(O)C(CO)NC(=O)CCCCCCCCCCCCCCCCCCCCCCCCCCCCCCCCOC(=O)CCCCCCCCCCCCCCCCCC. The number of hydrogen-bond donors (Lipinski definition) is 3. The van der Waals surface area contributed by atoms with Crippen molar-refractivity contribution in [3.8, 4) is 0 Å². The van der Waals surface area contributed by atoms with Crippen molar-refractivity contribution in [2.75, 3.05) is 13.2 Å². The van der Waals surface area contributed by atoms with E-state index in [0.29, 0.717) is 25.9 Å². The number of amides is 1. The Bertz CT molecular complexity index is 1280. The Labute approximate surface area is 547 Å². The second-order valence-electron chi connectivity index (χ2n) is 28.5. The zero-order valence-electron chi connectivity index (χ0n) is 59.8. The third kappa shape index (κ3) is 73.8. The van der Waals surface area contributed by atoms with E-state index in [1.165, 1.54) is 411 Å². The molecule has 2 atom stereocenters. The van der Waals surface area contributed by atoms with E-state index in [1.54, 1.807) is 0 Å². The fourth-order valence-corrected chi connectivity index (χ4v) is 13.5. The van der Waals surface area contributed by atoms with E-state index < -0.39 is 12.1 Å². The lowest BCUT2D eigenvalue weighted by Gasteiger charge is -2.22. The molecule has 1 amide bonds. The Morgan fingerprint density at radius 3 is 0.701 bits per heavy atom. The van der Waals surface area contributed by atoms with Gasteiger partial charge in [0.25, 0.3) is 0 Å². The van der Waals surface area contributed by atoms with Crippen molar-refractivity contribution in [1.82, 2.24) is 5.32 Å². The third-order valence-corrected chi connectivity index (χ3v) is 19.7. The van der Waals surface area contributed by atoms with Crippen molar-refractivity contribution < 1.29 is 24.5 Å². The average molecular weight is 1230 g/mol. The lowest BCUT2D eigenvalue weighted by molar-refractivity contribution is -0.143. The fourth-order valence-electron chi connectivity index (χ4n) is 13.5. The topological polar surface area (TPSA) is 95.9 Å². The van der Waals surface area contributed by atoms with Gasteiger partial charge in [-0.25, -0.2) is 0 Å². The van der Waals surface area contributed by atoms with Crippen LogP contribution in [0.15, 0.2) is 0 Å². The van der Waals surface area contributed by atoms with Crippen LogP contribution >= 0.6 is 0 Å². The Morgan fingerprint density at radius 1 is 0.276 bits per heavy atom. The largest absolute Gasteiger partial charge is 0.466 e. The second kappa shape index (κ2) is 77.3. The summed E-state index contributed by atoms with van der Waals surface area (Å²) >= 11 is 0. The molecule has 0 bridgehead atoms. The first kappa shape index (κ1) is 85.9. The summed E-state index contributed by atoms with van der Waals surface area (Å²) in [4.78, 5) is 24.7. The zero-order valence-corrected chi connectivity index (χ0v) is 59.8. The minimum atomic E-state index is -0.662. The lowest BCUT2D eigenvalue weighted by atomic mass is 10.0. The summed E-state index contributed by atoms with van der Waals surface area (Å²) in [5.74, 6) is 0.00101. The molecule has 0 heterocycles. The third-order valence-electron chi connectivity index (χ3n) is 19.7. The molecule has 0 radical (unpaired) electrons. The number of unbranched alkanes of at least 4 members (excludes halogenated alkanes) is 67. The summed E-state index contributed by atoms with van der Waals surface area (Å²) in [6.07, 6.45) is 96.3. The van der Waals surface area contributed by atoms with Crippen molar-refractivity contribution in [3.05, 3.63) is 0 Å². The minimum absolute atomic E-state index is 0.0243. The maximum Gasteiger partial charge on any atom is 0.305 e. The Hall–Kier alpha value is -1.14. The van der Waals surface area contributed by atoms with Crippen molar-refractivity contribution in [2.45, 2.75) is 495 Å². The van der Waals surface area contributed by atoms with E-state index in [1.807, 2.05) is 0 Å². The van der Waals surface area contributed by atoms with Gasteiger partial charge in [0.2, 0.25) is 5.91 Å². The molecule has 0 saturated carbocycles. The molecule has 3 N–H and O–H groups in total. The standard InChI is InChI=1S/C81H161NO5/c1-3-5-7-9-11-13-15-17-19-21-22-23-24-33-36-39-42-45-49-53-57-61-65-69-73-79(84)78(77-83)82-80(85)74-70-66-62-58-54-50-46-43-40-37-34-31-29-27-25-26-28-30-32-35-38-41-44-48-52-56-60-64-68-72-76-87-81(86)75-71-67-63-59-55-51-47-20-18-16-14-12-10-8-6-4-2/h78-79,83-84H,3-77H2,1-2H3,(H,82,85). The molecule has 0 rings (SSSR count). The first-order chi connectivity index (χ1) is 43.0. The van der Waals surface area contributed by atoms with E-state index in [4.69, 9.17) is 4.74 Å². The smallest absolute Gasteiger partial charge is 0.305 e. The number of carbonyl (C=O) groups excluding carboxylic acids is 2. The minimum Gasteiger partial charge on any atom is -0.466 e. The van der Waals surface area contributed by atoms with Gasteiger partial charge in [0, 0.05) is 12.8 Å². The lowest BCUT2D eigenvalue weighted by Crippen LogP contribution is -2.45. The first-order valence-electron chi connectivity index (χ1n) is 40.8. The van der Waals surface area contributed by atoms with Crippen LogP contribution in [0.1, 0.15) is 483 Å². The molecule has 0 fully saturated rings. The molecule has 0 aliphatic carbocycles. The van der Waals surface area contributed by atoms with E-state index in [2.05, 4.69) is 19.2 Å². The van der Waals surface area contributed by atoms with Gasteiger partial charge in [-0.1, -0.05) is 444 Å². The van der Waals surface area contributed by atoms with Crippen molar-refractivity contribution in [1.29, 1.82) is 0 Å². The molecule has 6 heteroatoms. The van der Waals surface area contributed by atoms with Crippen LogP contribution < -0.4 is 5.32 Å². The molecule has 0 aliphatic heterocycles. The highest BCUT2D eigenvalue weighted by Gasteiger charge is 2.20. The Kier molecular flexibility index (Phi) is 76.3. The highest BCUT2D eigenvalue weighted by Crippen LogP contribution is 2.21. The quantitative estimate of drug-likeness (QED) is 0.0417. The number of nitrogens with one attached hydrogen (secondary N) is 1. The molecule has 0 aromatic rings. The molecule has 520 valence electrons. The second-order valence-corrected chi connectivity index (χ2v) is 28.5. The number of ether oxygens (including phenoxy) is 1. The van der Waals surface area contributed by atoms with Crippen LogP contribution in [-0.2, 0) is 14.3 Å². The number of aliphatic hydroxyl groups is 2. The van der Waals surface area contributed by atoms with E-state index in [0.717, 1.165) is 38.5 Å². The van der Waals surface area contributed by atoms with Gasteiger partial charge >= 0.3 is 5.97 Å². The van der Waals surface area contributed by atoms with Crippen LogP contribution in [0.5, 0.6) is 0 Å². The van der Waals surface area contributed by atoms with Gasteiger partial charge in [-0.2, -0.15) is 0 Å². The number of esters is 1. The predicted molar refractivity (Wildman–Crippen MR) is 384 cm³/mol. The summed E-state index contributed by atoms with van der Waals surface area (Å²) in [7, 11) is 0. The monoisotopic (exact) mass is 1230 g/mol. The van der Waals surface area contributed by atoms with Crippen LogP contribution in [0.3, 0.4) is 0 Å². The summed E-state index contributed by atoms with van der Waals surface area (Å²) in [6, 6.07) is -0.539. The normalized spacial score (nSPS) is 12.4. The maximum absolute atomic E-state index is 12.6. The van der Waals surface area contributed by atoms with Crippen LogP contribution in [0.2, 0.25) is 0 Å². The summed E-state index contributed by atoms with van der Waals surface area (Å²) in [5.41, 5.74) is 0. The fraction of sp³-hybridized carbons (Fsp3) is 0.975. The van der Waals surface area contributed by atoms with Crippen LogP contribution in [-0.4, -0.2) is 47.4 Å². The number of carbonyl (C=O) groups is 2. The van der Waals surface area contributed by atoms with Crippen LogP contribution in [0.4, 0.5) is 0 Å². The van der Waals surface area contributed by atoms with Crippen molar-refractivity contribution in [3.63, 3.8) is 0 Å². The van der Waals surface area contributed by atoms with Gasteiger partial charge in [0.15, 0.2) is 0 Å². The molecule has 87 heavy (non-hydrogen) atoms. The van der Waals surface area contributed by atoms with E-state index >= 15 is 0 Å². The highest BCUT2D eigenvalue weighted by atomic mass is 16.5. The molecular weight excluding hydrogens is 1070 g/mol.